The normalized spacial score (nSPS) is 16.6. The Balaban J connectivity index is 1.36. The molecule has 4 nitrogen and oxygen atoms in total. The van der Waals surface area contributed by atoms with Gasteiger partial charge in [0.15, 0.2) is 0 Å². The summed E-state index contributed by atoms with van der Waals surface area (Å²) in [5, 5.41) is 0. The number of likely N-dealkylation sites (N-methyl/N-ethyl adjacent to an activating group) is 1. The van der Waals surface area contributed by atoms with E-state index in [0.717, 1.165) is 61.3 Å². The molecule has 0 N–H and O–H groups in total. The summed E-state index contributed by atoms with van der Waals surface area (Å²) in [6.45, 7) is 2.84. The molecule has 4 rings (SSSR count). The van der Waals surface area contributed by atoms with Crippen molar-refractivity contribution in [2.24, 2.45) is 0 Å². The molecule has 0 bridgehead atoms. The zero-order chi connectivity index (χ0) is 19.3. The largest absolute Gasteiger partial charge is 0.493 e. The lowest BCUT2D eigenvalue weighted by atomic mass is 9.93. The van der Waals surface area contributed by atoms with Crippen molar-refractivity contribution in [1.29, 1.82) is 0 Å². The van der Waals surface area contributed by atoms with Gasteiger partial charge in [-0.05, 0) is 54.6 Å². The maximum atomic E-state index is 12.8. The number of nitrogens with zero attached hydrogens (tertiary/aromatic N) is 1. The number of esters is 1. The van der Waals surface area contributed by atoms with Crippen LogP contribution in [0.25, 0.3) is 5.57 Å². The van der Waals surface area contributed by atoms with Crippen molar-refractivity contribution >= 4 is 11.5 Å². The number of benzene rings is 2. The molecule has 146 valence electrons. The van der Waals surface area contributed by atoms with E-state index in [1.54, 1.807) is 0 Å². The van der Waals surface area contributed by atoms with Gasteiger partial charge in [-0.15, -0.1) is 0 Å². The van der Waals surface area contributed by atoms with Crippen molar-refractivity contribution in [1.82, 2.24) is 4.90 Å². The average Bonchev–Trinajstić information content (AvgIpc) is 3.19. The summed E-state index contributed by atoms with van der Waals surface area (Å²) in [7, 11) is 2.05. The molecule has 0 aromatic heterocycles. The Morgan fingerprint density at radius 2 is 2.00 bits per heavy atom. The fourth-order valence-corrected chi connectivity index (χ4v) is 3.97. The van der Waals surface area contributed by atoms with E-state index in [4.69, 9.17) is 9.47 Å². The SMILES string of the molecule is CN1CCC(c2ccccc2)=C(C(=O)OCCCc2ccc3c(c2)CCO3)C1. The van der Waals surface area contributed by atoms with Gasteiger partial charge in [-0.3, -0.25) is 0 Å². The predicted octanol–water partition coefficient (Wildman–Crippen LogP) is 3.89. The van der Waals surface area contributed by atoms with E-state index >= 15 is 0 Å². The Bertz CT molecular complexity index is 873. The molecular weight excluding hydrogens is 350 g/mol. The fourth-order valence-electron chi connectivity index (χ4n) is 3.97. The van der Waals surface area contributed by atoms with Crippen molar-refractivity contribution in [2.75, 3.05) is 33.4 Å². The van der Waals surface area contributed by atoms with Gasteiger partial charge in [0.05, 0.1) is 18.8 Å². The maximum absolute atomic E-state index is 12.8. The van der Waals surface area contributed by atoms with Gasteiger partial charge in [0.25, 0.3) is 0 Å². The Morgan fingerprint density at radius 3 is 2.86 bits per heavy atom. The molecule has 0 aliphatic carbocycles. The number of ether oxygens (including phenoxy) is 2. The van der Waals surface area contributed by atoms with Crippen LogP contribution >= 0.6 is 0 Å². The van der Waals surface area contributed by atoms with Gasteiger partial charge >= 0.3 is 5.97 Å². The van der Waals surface area contributed by atoms with Crippen molar-refractivity contribution in [3.8, 4) is 5.75 Å². The molecule has 28 heavy (non-hydrogen) atoms. The second kappa shape index (κ2) is 8.61. The van der Waals surface area contributed by atoms with Gasteiger partial charge in [0.2, 0.25) is 0 Å². The molecule has 0 atom stereocenters. The van der Waals surface area contributed by atoms with Crippen LogP contribution in [-0.2, 0) is 22.4 Å². The number of rotatable bonds is 6. The summed E-state index contributed by atoms with van der Waals surface area (Å²) in [4.78, 5) is 14.9. The first-order valence-corrected chi connectivity index (χ1v) is 10.1. The summed E-state index contributed by atoms with van der Waals surface area (Å²) in [5.41, 5.74) is 5.62. The first-order valence-electron chi connectivity index (χ1n) is 10.1. The fraction of sp³-hybridized carbons (Fsp3) is 0.375. The number of fused-ring (bicyclic) bond motifs is 1. The molecule has 0 unspecified atom stereocenters. The third kappa shape index (κ3) is 4.28. The molecular formula is C24H27NO3. The van der Waals surface area contributed by atoms with Gasteiger partial charge < -0.3 is 14.4 Å². The third-order valence-corrected chi connectivity index (χ3v) is 5.50. The zero-order valence-electron chi connectivity index (χ0n) is 16.4. The van der Waals surface area contributed by atoms with E-state index in [9.17, 15) is 4.79 Å². The number of carbonyl (C=O) groups is 1. The Kier molecular flexibility index (Phi) is 5.77. The monoisotopic (exact) mass is 377 g/mol. The minimum atomic E-state index is -0.173. The highest BCUT2D eigenvalue weighted by Crippen LogP contribution is 2.28. The van der Waals surface area contributed by atoms with Crippen molar-refractivity contribution in [3.05, 3.63) is 70.8 Å². The first-order chi connectivity index (χ1) is 13.7. The van der Waals surface area contributed by atoms with Crippen LogP contribution in [0.3, 0.4) is 0 Å². The van der Waals surface area contributed by atoms with E-state index in [-0.39, 0.29) is 5.97 Å². The Morgan fingerprint density at radius 1 is 1.14 bits per heavy atom. The zero-order valence-corrected chi connectivity index (χ0v) is 16.4. The number of hydrogen-bond donors (Lipinski definition) is 0. The summed E-state index contributed by atoms with van der Waals surface area (Å²) < 4.78 is 11.2. The van der Waals surface area contributed by atoms with Crippen LogP contribution in [0.4, 0.5) is 0 Å². The Labute approximate surface area is 166 Å². The first kappa shape index (κ1) is 18.8. The predicted molar refractivity (Wildman–Crippen MR) is 110 cm³/mol. The van der Waals surface area contributed by atoms with Gasteiger partial charge in [-0.1, -0.05) is 42.5 Å². The second-order valence-electron chi connectivity index (χ2n) is 7.59. The van der Waals surface area contributed by atoms with E-state index < -0.39 is 0 Å². The summed E-state index contributed by atoms with van der Waals surface area (Å²) in [5.74, 6) is 0.838. The van der Waals surface area contributed by atoms with E-state index in [1.807, 2.05) is 25.2 Å². The highest BCUT2D eigenvalue weighted by Gasteiger charge is 2.24. The van der Waals surface area contributed by atoms with Crippen molar-refractivity contribution in [3.63, 3.8) is 0 Å². The number of carbonyl (C=O) groups excluding carboxylic acids is 1. The molecule has 0 spiro atoms. The minimum Gasteiger partial charge on any atom is -0.493 e. The van der Waals surface area contributed by atoms with Crippen LogP contribution in [0.2, 0.25) is 0 Å². The smallest absolute Gasteiger partial charge is 0.335 e. The van der Waals surface area contributed by atoms with Gasteiger partial charge in [0, 0.05) is 19.5 Å². The molecule has 0 fully saturated rings. The van der Waals surface area contributed by atoms with Crippen LogP contribution in [0.5, 0.6) is 5.75 Å². The van der Waals surface area contributed by atoms with Gasteiger partial charge in [0.1, 0.15) is 5.75 Å². The third-order valence-electron chi connectivity index (χ3n) is 5.50. The van der Waals surface area contributed by atoms with E-state index in [0.29, 0.717) is 13.2 Å². The van der Waals surface area contributed by atoms with Crippen LogP contribution in [-0.4, -0.2) is 44.2 Å². The van der Waals surface area contributed by atoms with Crippen LogP contribution in [0.1, 0.15) is 29.5 Å². The molecule has 2 aromatic rings. The molecule has 0 saturated heterocycles. The highest BCUT2D eigenvalue weighted by atomic mass is 16.5. The Hall–Kier alpha value is -2.59. The average molecular weight is 377 g/mol. The van der Waals surface area contributed by atoms with E-state index in [2.05, 4.69) is 35.2 Å². The summed E-state index contributed by atoms with van der Waals surface area (Å²) >= 11 is 0. The van der Waals surface area contributed by atoms with Crippen LogP contribution in [0, 0.1) is 0 Å². The highest BCUT2D eigenvalue weighted by molar-refractivity contribution is 5.98. The summed E-state index contributed by atoms with van der Waals surface area (Å²) in [6, 6.07) is 16.6. The molecule has 0 amide bonds. The molecule has 0 saturated carbocycles. The second-order valence-corrected chi connectivity index (χ2v) is 7.59. The van der Waals surface area contributed by atoms with Gasteiger partial charge in [-0.2, -0.15) is 0 Å². The topological polar surface area (TPSA) is 38.8 Å². The van der Waals surface area contributed by atoms with Gasteiger partial charge in [-0.25, -0.2) is 4.79 Å². The van der Waals surface area contributed by atoms with Crippen LogP contribution < -0.4 is 4.74 Å². The summed E-state index contributed by atoms with van der Waals surface area (Å²) in [6.07, 6.45) is 3.60. The standard InChI is InChI=1S/C24H27NO3/c1-25-13-11-21(19-7-3-2-4-8-19)22(17-25)24(26)28-14-5-6-18-9-10-23-20(16-18)12-15-27-23/h2-4,7-10,16H,5-6,11-15,17H2,1H3. The number of hydrogen-bond acceptors (Lipinski definition) is 4. The molecule has 0 radical (unpaired) electrons. The molecule has 2 aromatic carbocycles. The van der Waals surface area contributed by atoms with E-state index in [1.165, 1.54) is 11.1 Å². The molecule has 4 heteroatoms. The maximum Gasteiger partial charge on any atom is 0.335 e. The minimum absolute atomic E-state index is 0.173. The molecule has 2 heterocycles. The lowest BCUT2D eigenvalue weighted by Crippen LogP contribution is -2.31. The molecule has 2 aliphatic rings. The quantitative estimate of drug-likeness (QED) is 0.566. The van der Waals surface area contributed by atoms with Crippen LogP contribution in [0.15, 0.2) is 54.1 Å². The van der Waals surface area contributed by atoms with Crippen molar-refractivity contribution < 1.29 is 14.3 Å². The van der Waals surface area contributed by atoms with Crippen molar-refractivity contribution in [2.45, 2.75) is 25.7 Å². The lowest BCUT2D eigenvalue weighted by Gasteiger charge is -2.27. The lowest BCUT2D eigenvalue weighted by molar-refractivity contribution is -0.139. The molecule has 2 aliphatic heterocycles. The number of aryl methyl sites for hydroxylation is 1.